The van der Waals surface area contributed by atoms with Crippen LogP contribution < -0.4 is 10.1 Å². The van der Waals surface area contributed by atoms with Crippen molar-refractivity contribution >= 4 is 11.8 Å². The second kappa shape index (κ2) is 4.67. The summed E-state index contributed by atoms with van der Waals surface area (Å²) in [5, 5.41) is 13.0. The molecule has 1 unspecified atom stereocenters. The fourth-order valence-corrected chi connectivity index (χ4v) is 3.63. The highest BCUT2D eigenvalue weighted by Crippen LogP contribution is 2.43. The zero-order chi connectivity index (χ0) is 12.6. The van der Waals surface area contributed by atoms with Crippen molar-refractivity contribution in [3.05, 3.63) is 23.8 Å². The number of hydrogen-bond donors (Lipinski definition) is 2. The standard InChI is InChI=1S/C14H19NO2S/c1-18-14(5-2-6-14)9-15-12-8-17-13-7-10(16)3-4-11(12)13/h3-4,7,12,15-16H,2,5-6,8-9H2,1H3. The van der Waals surface area contributed by atoms with Gasteiger partial charge >= 0.3 is 0 Å². The van der Waals surface area contributed by atoms with Crippen LogP contribution in [0.3, 0.4) is 0 Å². The van der Waals surface area contributed by atoms with Crippen LogP contribution in [0.2, 0.25) is 0 Å². The molecule has 4 heteroatoms. The summed E-state index contributed by atoms with van der Waals surface area (Å²) in [5.74, 6) is 1.09. The van der Waals surface area contributed by atoms with Crippen LogP contribution in [0.1, 0.15) is 30.9 Å². The van der Waals surface area contributed by atoms with Crippen molar-refractivity contribution < 1.29 is 9.84 Å². The quantitative estimate of drug-likeness (QED) is 0.878. The molecule has 3 nitrogen and oxygen atoms in total. The number of aromatic hydroxyl groups is 1. The van der Waals surface area contributed by atoms with Gasteiger partial charge in [0.25, 0.3) is 0 Å². The molecule has 1 aromatic carbocycles. The number of phenolic OH excluding ortho intramolecular Hbond substituents is 1. The summed E-state index contributed by atoms with van der Waals surface area (Å²) in [7, 11) is 0. The smallest absolute Gasteiger partial charge is 0.127 e. The van der Waals surface area contributed by atoms with E-state index in [1.807, 2.05) is 17.8 Å². The van der Waals surface area contributed by atoms with E-state index in [0.717, 1.165) is 12.3 Å². The zero-order valence-electron chi connectivity index (χ0n) is 10.6. The molecule has 1 aliphatic heterocycles. The van der Waals surface area contributed by atoms with E-state index >= 15 is 0 Å². The number of thioether (sulfide) groups is 1. The highest BCUT2D eigenvalue weighted by Gasteiger charge is 2.37. The number of nitrogens with one attached hydrogen (secondary N) is 1. The van der Waals surface area contributed by atoms with Gasteiger partial charge in [-0.2, -0.15) is 11.8 Å². The van der Waals surface area contributed by atoms with Crippen LogP contribution in [0.4, 0.5) is 0 Å². The van der Waals surface area contributed by atoms with Gasteiger partial charge in [-0.15, -0.1) is 0 Å². The van der Waals surface area contributed by atoms with Gasteiger partial charge in [0, 0.05) is 22.9 Å². The van der Waals surface area contributed by atoms with E-state index in [9.17, 15) is 5.11 Å². The average molecular weight is 265 g/mol. The predicted octanol–water partition coefficient (Wildman–Crippen LogP) is 2.70. The van der Waals surface area contributed by atoms with E-state index in [0.29, 0.717) is 11.4 Å². The van der Waals surface area contributed by atoms with Gasteiger partial charge in [0.15, 0.2) is 0 Å². The first-order chi connectivity index (χ1) is 8.72. The Balaban J connectivity index is 1.66. The minimum Gasteiger partial charge on any atom is -0.508 e. The lowest BCUT2D eigenvalue weighted by atomic mass is 9.84. The van der Waals surface area contributed by atoms with Gasteiger partial charge in [-0.25, -0.2) is 0 Å². The van der Waals surface area contributed by atoms with Gasteiger partial charge < -0.3 is 15.2 Å². The van der Waals surface area contributed by atoms with Crippen LogP contribution >= 0.6 is 11.8 Å². The second-order valence-electron chi connectivity index (χ2n) is 5.21. The molecule has 98 valence electrons. The molecular formula is C14H19NO2S. The molecule has 1 aromatic rings. The first-order valence-corrected chi connectivity index (χ1v) is 7.69. The van der Waals surface area contributed by atoms with Crippen LogP contribution in [0.5, 0.6) is 11.5 Å². The Morgan fingerprint density at radius 1 is 1.50 bits per heavy atom. The Kier molecular flexibility index (Phi) is 3.16. The van der Waals surface area contributed by atoms with Gasteiger partial charge in [0.2, 0.25) is 0 Å². The van der Waals surface area contributed by atoms with Crippen molar-refractivity contribution in [1.29, 1.82) is 0 Å². The summed E-state index contributed by atoms with van der Waals surface area (Å²) in [4.78, 5) is 0. The van der Waals surface area contributed by atoms with Gasteiger partial charge in [-0.3, -0.25) is 0 Å². The molecule has 2 aliphatic rings. The van der Waals surface area contributed by atoms with E-state index in [-0.39, 0.29) is 11.8 Å². The SMILES string of the molecule is CSC1(CNC2COc3cc(O)ccc32)CCC1. The van der Waals surface area contributed by atoms with Gasteiger partial charge in [-0.1, -0.05) is 6.42 Å². The minimum atomic E-state index is 0.269. The lowest BCUT2D eigenvalue weighted by molar-refractivity contribution is 0.284. The van der Waals surface area contributed by atoms with E-state index < -0.39 is 0 Å². The Morgan fingerprint density at radius 2 is 2.33 bits per heavy atom. The van der Waals surface area contributed by atoms with Crippen LogP contribution in [0.25, 0.3) is 0 Å². The van der Waals surface area contributed by atoms with Crippen LogP contribution in [-0.2, 0) is 0 Å². The monoisotopic (exact) mass is 265 g/mol. The number of ether oxygens (including phenoxy) is 1. The van der Waals surface area contributed by atoms with Crippen molar-refractivity contribution in [2.75, 3.05) is 19.4 Å². The number of hydrogen-bond acceptors (Lipinski definition) is 4. The maximum Gasteiger partial charge on any atom is 0.127 e. The normalized spacial score (nSPS) is 24.2. The van der Waals surface area contributed by atoms with Gasteiger partial charge in [0.05, 0.1) is 6.04 Å². The third-order valence-electron chi connectivity index (χ3n) is 4.15. The molecule has 1 fully saturated rings. The van der Waals surface area contributed by atoms with Gasteiger partial charge in [0.1, 0.15) is 18.1 Å². The number of fused-ring (bicyclic) bond motifs is 1. The number of benzene rings is 1. The number of rotatable bonds is 4. The fourth-order valence-electron chi connectivity index (χ4n) is 2.70. The molecule has 2 N–H and O–H groups in total. The summed E-state index contributed by atoms with van der Waals surface area (Å²) < 4.78 is 6.06. The zero-order valence-corrected chi connectivity index (χ0v) is 11.4. The molecule has 0 aromatic heterocycles. The third kappa shape index (κ3) is 2.08. The molecule has 1 saturated carbocycles. The minimum absolute atomic E-state index is 0.269. The average Bonchev–Trinajstić information content (AvgIpc) is 2.71. The van der Waals surface area contributed by atoms with E-state index in [4.69, 9.17) is 4.74 Å². The third-order valence-corrected chi connectivity index (χ3v) is 5.57. The Morgan fingerprint density at radius 3 is 3.00 bits per heavy atom. The van der Waals surface area contributed by atoms with E-state index in [1.165, 1.54) is 24.8 Å². The summed E-state index contributed by atoms with van der Waals surface area (Å²) in [6.07, 6.45) is 6.19. The number of phenols is 1. The molecular weight excluding hydrogens is 246 g/mol. The molecule has 1 aliphatic carbocycles. The van der Waals surface area contributed by atoms with Crippen molar-refractivity contribution in [3.63, 3.8) is 0 Å². The summed E-state index contributed by atoms with van der Waals surface area (Å²) in [6, 6.07) is 5.66. The van der Waals surface area contributed by atoms with Crippen LogP contribution in [0.15, 0.2) is 18.2 Å². The molecule has 0 spiro atoms. The van der Waals surface area contributed by atoms with Crippen LogP contribution in [-0.4, -0.2) is 29.3 Å². The molecule has 0 amide bonds. The summed E-state index contributed by atoms with van der Waals surface area (Å²) in [6.45, 7) is 1.71. The Bertz CT molecular complexity index is 440. The maximum atomic E-state index is 9.42. The maximum absolute atomic E-state index is 9.42. The van der Waals surface area contributed by atoms with Crippen molar-refractivity contribution in [2.24, 2.45) is 0 Å². The molecule has 0 bridgehead atoms. The highest BCUT2D eigenvalue weighted by atomic mass is 32.2. The largest absolute Gasteiger partial charge is 0.508 e. The van der Waals surface area contributed by atoms with E-state index in [2.05, 4.69) is 11.6 Å². The Hall–Kier alpha value is -0.870. The topological polar surface area (TPSA) is 41.5 Å². The predicted molar refractivity (Wildman–Crippen MR) is 74.4 cm³/mol. The second-order valence-corrected chi connectivity index (χ2v) is 6.48. The molecule has 18 heavy (non-hydrogen) atoms. The first-order valence-electron chi connectivity index (χ1n) is 6.47. The van der Waals surface area contributed by atoms with Crippen molar-refractivity contribution in [2.45, 2.75) is 30.1 Å². The van der Waals surface area contributed by atoms with Crippen LogP contribution in [0, 0.1) is 0 Å². The molecule has 3 rings (SSSR count). The summed E-state index contributed by atoms with van der Waals surface area (Å²) in [5.41, 5.74) is 1.17. The van der Waals surface area contributed by atoms with E-state index in [1.54, 1.807) is 12.1 Å². The van der Waals surface area contributed by atoms with Crippen molar-refractivity contribution in [3.8, 4) is 11.5 Å². The Labute approximate surface area is 112 Å². The fraction of sp³-hybridized carbons (Fsp3) is 0.571. The first kappa shape index (κ1) is 12.2. The molecule has 1 heterocycles. The molecule has 1 atom stereocenters. The lowest BCUT2D eigenvalue weighted by Crippen LogP contribution is -2.44. The summed E-state index contributed by atoms with van der Waals surface area (Å²) >= 11 is 1.98. The van der Waals surface area contributed by atoms with Gasteiger partial charge in [-0.05, 0) is 31.2 Å². The van der Waals surface area contributed by atoms with Crippen molar-refractivity contribution in [1.82, 2.24) is 5.32 Å². The highest BCUT2D eigenvalue weighted by molar-refractivity contribution is 8.00. The lowest BCUT2D eigenvalue weighted by Gasteiger charge is -2.41. The molecule has 0 saturated heterocycles. The molecule has 0 radical (unpaired) electrons.